The Morgan fingerprint density at radius 3 is 2.64 bits per heavy atom. The van der Waals surface area contributed by atoms with Crippen LogP contribution in [0.3, 0.4) is 0 Å². The Kier molecular flexibility index (Phi) is 8.98. The molecule has 1 saturated heterocycles. The largest absolute Gasteiger partial charge is 0.356 e. The number of amides is 1. The topological polar surface area (TPSA) is 60.8 Å². The van der Waals surface area contributed by atoms with Crippen molar-refractivity contribution in [1.29, 1.82) is 0 Å². The molecule has 1 aliphatic heterocycles. The molecule has 1 aromatic heterocycles. The Hall–Kier alpha value is -1.87. The van der Waals surface area contributed by atoms with Gasteiger partial charge in [-0.3, -0.25) is 14.8 Å². The maximum absolute atomic E-state index is 12.6. The van der Waals surface area contributed by atoms with Gasteiger partial charge in [0.2, 0.25) is 5.91 Å². The van der Waals surface area contributed by atoms with Gasteiger partial charge in [0.05, 0.1) is 6.54 Å². The smallest absolute Gasteiger partial charge is 0.242 e. The average molecular weight is 514 g/mol. The van der Waals surface area contributed by atoms with Crippen LogP contribution >= 0.6 is 35.6 Å². The summed E-state index contributed by atoms with van der Waals surface area (Å²) in [5.41, 5.74) is 2.11. The molecule has 0 atom stereocenters. The molecule has 150 valence electrons. The van der Waals surface area contributed by atoms with E-state index in [9.17, 15) is 4.79 Å². The highest BCUT2D eigenvalue weighted by molar-refractivity contribution is 14.0. The third-order valence-corrected chi connectivity index (χ3v) is 4.76. The second kappa shape index (κ2) is 11.2. The molecule has 0 saturated carbocycles. The van der Waals surface area contributed by atoms with E-state index in [1.807, 2.05) is 52.3 Å². The van der Waals surface area contributed by atoms with Crippen LogP contribution in [0.25, 0.3) is 0 Å². The summed E-state index contributed by atoms with van der Waals surface area (Å²) in [6, 6.07) is 13.5. The van der Waals surface area contributed by atoms with Crippen LogP contribution < -0.4 is 5.32 Å². The van der Waals surface area contributed by atoms with E-state index in [4.69, 9.17) is 11.6 Å². The fraction of sp³-hybridized carbons (Fsp3) is 0.350. The molecule has 2 aromatic rings. The normalized spacial score (nSPS) is 14.6. The Bertz CT molecular complexity index is 785. The summed E-state index contributed by atoms with van der Waals surface area (Å²) in [7, 11) is 1.74. The van der Waals surface area contributed by atoms with E-state index >= 15 is 0 Å². The fourth-order valence-corrected chi connectivity index (χ4v) is 3.17. The minimum atomic E-state index is 0. The SMILES string of the molecule is CN=C(NCCc1ccccn1)N1CCN(Cc2ccc(Cl)cc2)C(=O)C1.I. The van der Waals surface area contributed by atoms with Gasteiger partial charge >= 0.3 is 0 Å². The van der Waals surface area contributed by atoms with Gasteiger partial charge in [-0.25, -0.2) is 0 Å². The number of rotatable bonds is 5. The Morgan fingerprint density at radius 2 is 2.00 bits per heavy atom. The monoisotopic (exact) mass is 513 g/mol. The third-order valence-electron chi connectivity index (χ3n) is 4.51. The van der Waals surface area contributed by atoms with Gasteiger partial charge in [-0.15, -0.1) is 24.0 Å². The fourth-order valence-electron chi connectivity index (χ4n) is 3.05. The first-order chi connectivity index (χ1) is 13.2. The summed E-state index contributed by atoms with van der Waals surface area (Å²) in [6.07, 6.45) is 2.60. The van der Waals surface area contributed by atoms with Crippen LogP contribution in [0, 0.1) is 0 Å². The number of piperazine rings is 1. The zero-order valence-electron chi connectivity index (χ0n) is 15.8. The molecule has 1 amide bonds. The molecule has 1 N–H and O–H groups in total. The van der Waals surface area contributed by atoms with Crippen molar-refractivity contribution in [3.8, 4) is 0 Å². The number of nitrogens with zero attached hydrogens (tertiary/aromatic N) is 4. The predicted molar refractivity (Wildman–Crippen MR) is 123 cm³/mol. The molecule has 2 heterocycles. The standard InChI is InChI=1S/C20H24ClN5O.HI/c1-22-20(24-11-9-18-4-2-3-10-23-18)26-13-12-25(19(27)15-26)14-16-5-7-17(21)8-6-16;/h2-8,10H,9,11-15H2,1H3,(H,22,24);1H. The second-order valence-corrected chi connectivity index (χ2v) is 6.84. The van der Waals surface area contributed by atoms with Crippen molar-refractivity contribution in [1.82, 2.24) is 20.1 Å². The van der Waals surface area contributed by atoms with Crippen LogP contribution in [-0.2, 0) is 17.8 Å². The number of carbonyl (C=O) groups excluding carboxylic acids is 1. The van der Waals surface area contributed by atoms with E-state index < -0.39 is 0 Å². The number of guanidine groups is 1. The van der Waals surface area contributed by atoms with E-state index in [1.54, 1.807) is 13.2 Å². The molecule has 8 heteroatoms. The minimum absolute atomic E-state index is 0. The molecule has 0 spiro atoms. The average Bonchev–Trinajstić information content (AvgIpc) is 2.69. The first-order valence-corrected chi connectivity index (χ1v) is 9.41. The van der Waals surface area contributed by atoms with E-state index in [0.717, 1.165) is 36.7 Å². The van der Waals surface area contributed by atoms with Gasteiger partial charge in [-0.05, 0) is 29.8 Å². The maximum atomic E-state index is 12.6. The van der Waals surface area contributed by atoms with E-state index in [1.165, 1.54) is 0 Å². The summed E-state index contributed by atoms with van der Waals surface area (Å²) in [5, 5.41) is 4.03. The number of aromatic nitrogens is 1. The van der Waals surface area contributed by atoms with E-state index in [2.05, 4.69) is 15.3 Å². The molecule has 28 heavy (non-hydrogen) atoms. The molecule has 0 radical (unpaired) electrons. The third kappa shape index (κ3) is 6.34. The molecular weight excluding hydrogens is 489 g/mol. The van der Waals surface area contributed by atoms with Crippen LogP contribution in [0.1, 0.15) is 11.3 Å². The van der Waals surface area contributed by atoms with Crippen LogP contribution in [0.2, 0.25) is 5.02 Å². The lowest BCUT2D eigenvalue weighted by atomic mass is 10.2. The van der Waals surface area contributed by atoms with Crippen molar-refractivity contribution in [3.63, 3.8) is 0 Å². The first-order valence-electron chi connectivity index (χ1n) is 9.03. The lowest BCUT2D eigenvalue weighted by Crippen LogP contribution is -2.55. The Balaban J connectivity index is 0.00000280. The summed E-state index contributed by atoms with van der Waals surface area (Å²) >= 11 is 5.92. The van der Waals surface area contributed by atoms with E-state index in [-0.39, 0.29) is 29.9 Å². The predicted octanol–water partition coefficient (Wildman–Crippen LogP) is 2.82. The number of hydrogen-bond acceptors (Lipinski definition) is 3. The minimum Gasteiger partial charge on any atom is -0.356 e. The molecule has 1 aliphatic rings. The van der Waals surface area contributed by atoms with Gasteiger partial charge in [0.1, 0.15) is 0 Å². The van der Waals surface area contributed by atoms with Gasteiger partial charge in [-0.2, -0.15) is 0 Å². The van der Waals surface area contributed by atoms with Crippen molar-refractivity contribution in [2.75, 3.05) is 33.2 Å². The van der Waals surface area contributed by atoms with Crippen LogP contribution in [0.4, 0.5) is 0 Å². The molecule has 0 bridgehead atoms. The first kappa shape index (κ1) is 22.4. The zero-order chi connectivity index (χ0) is 19.1. The highest BCUT2D eigenvalue weighted by atomic mass is 127. The number of pyridine rings is 1. The molecule has 1 fully saturated rings. The molecule has 0 unspecified atom stereocenters. The number of carbonyl (C=O) groups is 1. The van der Waals surface area contributed by atoms with Crippen molar-refractivity contribution in [3.05, 3.63) is 64.9 Å². The van der Waals surface area contributed by atoms with Crippen molar-refractivity contribution < 1.29 is 4.79 Å². The number of halogens is 2. The maximum Gasteiger partial charge on any atom is 0.242 e. The lowest BCUT2D eigenvalue weighted by molar-refractivity contribution is -0.135. The van der Waals surface area contributed by atoms with Crippen LogP contribution in [0.15, 0.2) is 53.7 Å². The summed E-state index contributed by atoms with van der Waals surface area (Å²) < 4.78 is 0. The van der Waals surface area contributed by atoms with Crippen molar-refractivity contribution in [2.24, 2.45) is 4.99 Å². The zero-order valence-corrected chi connectivity index (χ0v) is 18.9. The van der Waals surface area contributed by atoms with Crippen LogP contribution in [0.5, 0.6) is 0 Å². The number of aliphatic imine (C=N–C) groups is 1. The quantitative estimate of drug-likeness (QED) is 0.380. The number of benzene rings is 1. The van der Waals surface area contributed by atoms with Crippen molar-refractivity contribution >= 4 is 47.4 Å². The summed E-state index contributed by atoms with van der Waals surface area (Å²) in [6.45, 7) is 3.08. The van der Waals surface area contributed by atoms with Gasteiger partial charge in [0.15, 0.2) is 5.96 Å². The molecular formula is C20H25ClIN5O. The molecule has 1 aromatic carbocycles. The second-order valence-electron chi connectivity index (χ2n) is 6.41. The Morgan fingerprint density at radius 1 is 1.21 bits per heavy atom. The number of hydrogen-bond donors (Lipinski definition) is 1. The highest BCUT2D eigenvalue weighted by Crippen LogP contribution is 2.13. The highest BCUT2D eigenvalue weighted by Gasteiger charge is 2.25. The van der Waals surface area contributed by atoms with Gasteiger partial charge in [-0.1, -0.05) is 29.8 Å². The lowest BCUT2D eigenvalue weighted by Gasteiger charge is -2.36. The van der Waals surface area contributed by atoms with E-state index in [0.29, 0.717) is 24.7 Å². The van der Waals surface area contributed by atoms with Gasteiger partial charge < -0.3 is 15.1 Å². The number of nitrogens with one attached hydrogen (secondary N) is 1. The molecule has 6 nitrogen and oxygen atoms in total. The summed E-state index contributed by atoms with van der Waals surface area (Å²) in [4.78, 5) is 25.1. The van der Waals surface area contributed by atoms with Gasteiger partial charge in [0, 0.05) is 56.6 Å². The summed E-state index contributed by atoms with van der Waals surface area (Å²) in [5.74, 6) is 0.856. The molecule has 0 aliphatic carbocycles. The van der Waals surface area contributed by atoms with Gasteiger partial charge in [0.25, 0.3) is 0 Å². The molecule has 3 rings (SSSR count). The Labute approximate surface area is 188 Å². The van der Waals surface area contributed by atoms with Crippen LogP contribution in [-0.4, -0.2) is 59.9 Å². The van der Waals surface area contributed by atoms with Crippen molar-refractivity contribution in [2.45, 2.75) is 13.0 Å².